The summed E-state index contributed by atoms with van der Waals surface area (Å²) < 4.78 is 30.6. The lowest BCUT2D eigenvalue weighted by Crippen LogP contribution is -2.28. The van der Waals surface area contributed by atoms with Crippen molar-refractivity contribution < 1.29 is 28.3 Å². The summed E-state index contributed by atoms with van der Waals surface area (Å²) in [6.07, 6.45) is 0.139. The Hall–Kier alpha value is -1.87. The summed E-state index contributed by atoms with van der Waals surface area (Å²) in [6.45, 7) is 0.0937. The first kappa shape index (κ1) is 17.0. The fraction of sp³-hybridized carbons (Fsp3) is 0.250. The van der Waals surface area contributed by atoms with Crippen LogP contribution in [-0.4, -0.2) is 37.4 Å². The van der Waals surface area contributed by atoms with E-state index in [1.165, 1.54) is 18.2 Å². The van der Waals surface area contributed by atoms with E-state index in [0.717, 1.165) is 5.56 Å². The van der Waals surface area contributed by atoms with Gasteiger partial charge in [0.25, 0.3) is 0 Å². The average Bonchev–Trinajstić information content (AvgIpc) is 2.88. The van der Waals surface area contributed by atoms with Crippen LogP contribution >= 0.6 is 0 Å². The van der Waals surface area contributed by atoms with Crippen molar-refractivity contribution in [3.05, 3.63) is 53.1 Å². The monoisotopic (exact) mass is 348 g/mol. The number of phenols is 1. The van der Waals surface area contributed by atoms with Crippen molar-refractivity contribution in [2.45, 2.75) is 23.7 Å². The molecule has 24 heavy (non-hydrogen) atoms. The summed E-state index contributed by atoms with van der Waals surface area (Å²) >= 11 is 0. The molecule has 0 aliphatic carbocycles. The lowest BCUT2D eigenvalue weighted by Gasteiger charge is -2.11. The van der Waals surface area contributed by atoms with Gasteiger partial charge in [-0.15, -0.1) is 0 Å². The van der Waals surface area contributed by atoms with E-state index in [4.69, 9.17) is 9.76 Å². The van der Waals surface area contributed by atoms with E-state index in [9.17, 15) is 18.5 Å². The van der Waals surface area contributed by atoms with E-state index in [-0.39, 0.29) is 29.4 Å². The number of aromatic hydroxyl groups is 1. The van der Waals surface area contributed by atoms with Gasteiger partial charge in [0.1, 0.15) is 5.75 Å². The number of hydrogen-bond donors (Lipinski definition) is 3. The van der Waals surface area contributed by atoms with Gasteiger partial charge in [-0.1, -0.05) is 18.2 Å². The van der Waals surface area contributed by atoms with Gasteiger partial charge in [0, 0.05) is 6.61 Å². The zero-order valence-corrected chi connectivity index (χ0v) is 13.7. The highest BCUT2D eigenvalue weighted by atomic mass is 32.2. The molecule has 6 nitrogen and oxygen atoms in total. The maximum atomic E-state index is 12.7. The molecule has 3 rings (SSSR count). The van der Waals surface area contributed by atoms with Crippen LogP contribution in [0.4, 0.5) is 0 Å². The minimum absolute atomic E-state index is 0.0461. The first-order valence-corrected chi connectivity index (χ1v) is 9.13. The second kappa shape index (κ2) is 6.56. The molecule has 0 spiro atoms. The SMILES string of the molecule is O=S(=O)(Cc1ccc2c(c1)B(O)OC2)c1ccc(O)cc1CCO. The lowest BCUT2D eigenvalue weighted by molar-refractivity contribution is 0.275. The van der Waals surface area contributed by atoms with Gasteiger partial charge in [-0.3, -0.25) is 0 Å². The number of sulfone groups is 1. The molecule has 0 bridgehead atoms. The van der Waals surface area contributed by atoms with Crippen LogP contribution in [-0.2, 0) is 33.3 Å². The summed E-state index contributed by atoms with van der Waals surface area (Å²) in [6, 6.07) is 9.10. The third kappa shape index (κ3) is 3.32. The molecule has 0 unspecified atom stereocenters. The molecule has 0 saturated heterocycles. The van der Waals surface area contributed by atoms with Crippen molar-refractivity contribution in [3.8, 4) is 5.75 Å². The first-order valence-electron chi connectivity index (χ1n) is 7.47. The van der Waals surface area contributed by atoms with E-state index in [2.05, 4.69) is 0 Å². The second-order valence-electron chi connectivity index (χ2n) is 5.72. The quantitative estimate of drug-likeness (QED) is 0.663. The van der Waals surface area contributed by atoms with Crippen molar-refractivity contribution in [1.82, 2.24) is 0 Å². The summed E-state index contributed by atoms with van der Waals surface area (Å²) in [5.74, 6) is -0.286. The van der Waals surface area contributed by atoms with Gasteiger partial charge in [-0.25, -0.2) is 8.42 Å². The van der Waals surface area contributed by atoms with Gasteiger partial charge in [-0.05, 0) is 46.8 Å². The Labute approximate surface area is 140 Å². The van der Waals surface area contributed by atoms with Crippen LogP contribution in [0.3, 0.4) is 0 Å². The molecule has 0 saturated carbocycles. The number of fused-ring (bicyclic) bond motifs is 1. The highest BCUT2D eigenvalue weighted by molar-refractivity contribution is 7.90. The van der Waals surface area contributed by atoms with Gasteiger partial charge in [-0.2, -0.15) is 0 Å². The fourth-order valence-corrected chi connectivity index (χ4v) is 4.45. The molecular formula is C16H17BO6S. The smallest absolute Gasteiger partial charge is 0.491 e. The Bertz CT molecular complexity index is 865. The summed E-state index contributed by atoms with van der Waals surface area (Å²) in [5.41, 5.74) is 2.35. The summed E-state index contributed by atoms with van der Waals surface area (Å²) in [7, 11) is -4.69. The molecule has 1 aliphatic rings. The van der Waals surface area contributed by atoms with Gasteiger partial charge in [0.2, 0.25) is 0 Å². The van der Waals surface area contributed by atoms with E-state index >= 15 is 0 Å². The minimum Gasteiger partial charge on any atom is -0.508 e. The molecule has 2 aromatic rings. The Morgan fingerprint density at radius 2 is 1.96 bits per heavy atom. The van der Waals surface area contributed by atoms with Crippen molar-refractivity contribution in [2.24, 2.45) is 0 Å². The molecule has 0 amide bonds. The number of phenolic OH excluding ortho intramolecular Hbond substituents is 1. The molecule has 0 atom stereocenters. The van der Waals surface area contributed by atoms with E-state index in [1.807, 2.05) is 0 Å². The Morgan fingerprint density at radius 1 is 1.17 bits per heavy atom. The molecule has 1 heterocycles. The second-order valence-corrected chi connectivity index (χ2v) is 7.68. The number of hydrogen-bond acceptors (Lipinski definition) is 6. The molecule has 2 aromatic carbocycles. The van der Waals surface area contributed by atoms with Crippen LogP contribution in [0.15, 0.2) is 41.3 Å². The Balaban J connectivity index is 1.94. The normalized spacial score (nSPS) is 14.0. The average molecular weight is 348 g/mol. The van der Waals surface area contributed by atoms with Crippen LogP contribution in [0.25, 0.3) is 0 Å². The predicted octanol–water partition coefficient (Wildman–Crippen LogP) is 0.119. The van der Waals surface area contributed by atoms with Crippen molar-refractivity contribution in [3.63, 3.8) is 0 Å². The molecule has 0 radical (unpaired) electrons. The molecule has 8 heteroatoms. The number of aliphatic hydroxyl groups is 1. The van der Waals surface area contributed by atoms with Crippen LogP contribution in [0.5, 0.6) is 5.75 Å². The molecule has 0 fully saturated rings. The molecular weight excluding hydrogens is 331 g/mol. The number of rotatable bonds is 5. The number of benzene rings is 2. The fourth-order valence-electron chi connectivity index (χ4n) is 2.84. The van der Waals surface area contributed by atoms with Gasteiger partial charge < -0.3 is 19.9 Å². The molecule has 126 valence electrons. The predicted molar refractivity (Wildman–Crippen MR) is 88.6 cm³/mol. The van der Waals surface area contributed by atoms with Gasteiger partial charge in [0.15, 0.2) is 9.84 Å². The third-order valence-corrected chi connectivity index (χ3v) is 5.77. The summed E-state index contributed by atoms with van der Waals surface area (Å²) in [5, 5.41) is 28.4. The Morgan fingerprint density at radius 3 is 2.71 bits per heavy atom. The maximum Gasteiger partial charge on any atom is 0.491 e. The molecule has 3 N–H and O–H groups in total. The third-order valence-electron chi connectivity index (χ3n) is 3.99. The van der Waals surface area contributed by atoms with Crippen molar-refractivity contribution in [1.29, 1.82) is 0 Å². The largest absolute Gasteiger partial charge is 0.508 e. The van der Waals surface area contributed by atoms with Crippen LogP contribution < -0.4 is 5.46 Å². The molecule has 0 aromatic heterocycles. The van der Waals surface area contributed by atoms with Crippen molar-refractivity contribution >= 4 is 22.4 Å². The van der Waals surface area contributed by atoms with E-state index in [1.54, 1.807) is 18.2 Å². The zero-order valence-electron chi connectivity index (χ0n) is 12.8. The maximum absolute atomic E-state index is 12.7. The standard InChI is InChI=1S/C16H17BO6S/c18-6-5-12-8-14(19)3-4-16(12)24(21,22)10-11-1-2-13-9-23-17(20)15(13)7-11/h1-4,7-8,18-20H,5-6,9-10H2. The highest BCUT2D eigenvalue weighted by Crippen LogP contribution is 2.25. The molecule has 1 aliphatic heterocycles. The van der Waals surface area contributed by atoms with Gasteiger partial charge >= 0.3 is 7.12 Å². The van der Waals surface area contributed by atoms with Crippen LogP contribution in [0, 0.1) is 0 Å². The highest BCUT2D eigenvalue weighted by Gasteiger charge is 2.28. The van der Waals surface area contributed by atoms with E-state index < -0.39 is 17.0 Å². The van der Waals surface area contributed by atoms with Crippen LogP contribution in [0.2, 0.25) is 0 Å². The van der Waals surface area contributed by atoms with E-state index in [0.29, 0.717) is 23.2 Å². The lowest BCUT2D eigenvalue weighted by atomic mass is 9.79. The number of aliphatic hydroxyl groups excluding tert-OH is 1. The van der Waals surface area contributed by atoms with Gasteiger partial charge in [0.05, 0.1) is 17.3 Å². The first-order chi connectivity index (χ1) is 11.4. The van der Waals surface area contributed by atoms with Crippen LogP contribution in [0.1, 0.15) is 16.7 Å². The van der Waals surface area contributed by atoms with Crippen molar-refractivity contribution in [2.75, 3.05) is 6.61 Å². The Kier molecular flexibility index (Phi) is 4.64. The topological polar surface area (TPSA) is 104 Å². The minimum atomic E-state index is -3.66. The zero-order chi connectivity index (χ0) is 17.3. The summed E-state index contributed by atoms with van der Waals surface area (Å²) in [4.78, 5) is 0.0895.